The van der Waals surface area contributed by atoms with Crippen LogP contribution in [0, 0.1) is 17.8 Å². The van der Waals surface area contributed by atoms with E-state index in [1.54, 1.807) is 0 Å². The predicted molar refractivity (Wildman–Crippen MR) is 75.4 cm³/mol. The summed E-state index contributed by atoms with van der Waals surface area (Å²) in [6.07, 6.45) is 0. The van der Waals surface area contributed by atoms with Crippen molar-refractivity contribution >= 4 is 0 Å². The Kier molecular flexibility index (Phi) is 3.40. The van der Waals surface area contributed by atoms with Crippen molar-refractivity contribution in [3.63, 3.8) is 0 Å². The normalized spacial score (nSPS) is 29.7. The summed E-state index contributed by atoms with van der Waals surface area (Å²) in [7, 11) is 0. The van der Waals surface area contributed by atoms with E-state index in [1.807, 2.05) is 0 Å². The molecule has 2 fully saturated rings. The van der Waals surface area contributed by atoms with Crippen LogP contribution in [-0.4, -0.2) is 31.1 Å². The second-order valence-electron chi connectivity index (χ2n) is 6.23. The first-order valence-corrected chi connectivity index (χ1v) is 7.25. The fourth-order valence-electron chi connectivity index (χ4n) is 3.79. The third-order valence-electron chi connectivity index (χ3n) is 4.58. The third kappa shape index (κ3) is 2.19. The Hall–Kier alpha value is -0.860. The molecule has 0 saturated carbocycles. The molecule has 2 nitrogen and oxygen atoms in total. The monoisotopic (exact) mass is 244 g/mol. The van der Waals surface area contributed by atoms with Gasteiger partial charge in [0.1, 0.15) is 0 Å². The van der Waals surface area contributed by atoms with Crippen LogP contribution in [0.3, 0.4) is 0 Å². The van der Waals surface area contributed by atoms with Crippen LogP contribution in [0.5, 0.6) is 0 Å². The lowest BCUT2D eigenvalue weighted by Crippen LogP contribution is -2.32. The minimum Gasteiger partial charge on any atom is -0.316 e. The molecule has 0 radical (unpaired) electrons. The Morgan fingerprint density at radius 2 is 1.67 bits per heavy atom. The van der Waals surface area contributed by atoms with Gasteiger partial charge in [-0.1, -0.05) is 44.2 Å². The summed E-state index contributed by atoms with van der Waals surface area (Å²) in [6, 6.07) is 11.6. The fourth-order valence-corrected chi connectivity index (χ4v) is 3.79. The Labute approximate surface area is 110 Å². The molecule has 1 aromatic carbocycles. The van der Waals surface area contributed by atoms with Crippen molar-refractivity contribution in [1.82, 2.24) is 10.2 Å². The molecule has 0 amide bonds. The van der Waals surface area contributed by atoms with Crippen LogP contribution in [0.25, 0.3) is 0 Å². The molecule has 0 spiro atoms. The summed E-state index contributed by atoms with van der Waals surface area (Å²) >= 11 is 0. The van der Waals surface area contributed by atoms with Crippen molar-refractivity contribution in [2.75, 3.05) is 26.2 Å². The van der Waals surface area contributed by atoms with E-state index in [1.165, 1.54) is 31.7 Å². The Morgan fingerprint density at radius 3 is 2.22 bits per heavy atom. The van der Waals surface area contributed by atoms with Crippen molar-refractivity contribution < 1.29 is 0 Å². The van der Waals surface area contributed by atoms with Gasteiger partial charge < -0.3 is 5.32 Å². The number of hydrogen-bond acceptors (Lipinski definition) is 2. The Bertz CT molecular complexity index is 375. The summed E-state index contributed by atoms with van der Waals surface area (Å²) in [5, 5.41) is 3.53. The van der Waals surface area contributed by atoms with E-state index in [-0.39, 0.29) is 0 Å². The molecule has 2 aliphatic heterocycles. The molecule has 1 aromatic rings. The first-order valence-electron chi connectivity index (χ1n) is 7.25. The van der Waals surface area contributed by atoms with Gasteiger partial charge in [0.2, 0.25) is 0 Å². The summed E-state index contributed by atoms with van der Waals surface area (Å²) in [6.45, 7) is 9.69. The lowest BCUT2D eigenvalue weighted by atomic mass is 9.94. The van der Waals surface area contributed by atoms with Crippen molar-refractivity contribution in [3.05, 3.63) is 35.9 Å². The zero-order chi connectivity index (χ0) is 12.5. The fraction of sp³-hybridized carbons (Fsp3) is 0.625. The van der Waals surface area contributed by atoms with Gasteiger partial charge in [0.15, 0.2) is 0 Å². The van der Waals surface area contributed by atoms with E-state index in [2.05, 4.69) is 54.4 Å². The van der Waals surface area contributed by atoms with Crippen LogP contribution in [0.2, 0.25) is 0 Å². The highest BCUT2D eigenvalue weighted by atomic mass is 15.2. The molecule has 3 unspecified atom stereocenters. The molecule has 3 atom stereocenters. The van der Waals surface area contributed by atoms with Crippen LogP contribution >= 0.6 is 0 Å². The first kappa shape index (κ1) is 12.2. The largest absolute Gasteiger partial charge is 0.316 e. The van der Waals surface area contributed by atoms with Gasteiger partial charge in [-0.2, -0.15) is 0 Å². The highest BCUT2D eigenvalue weighted by molar-refractivity contribution is 5.20. The van der Waals surface area contributed by atoms with Crippen molar-refractivity contribution in [2.45, 2.75) is 19.9 Å². The minimum absolute atomic E-state index is 0.594. The van der Waals surface area contributed by atoms with Gasteiger partial charge in [0.25, 0.3) is 0 Å². The lowest BCUT2D eigenvalue weighted by molar-refractivity contribution is 0.180. The maximum Gasteiger partial charge on any atom is 0.0371 e. The minimum atomic E-state index is 0.594. The zero-order valence-corrected chi connectivity index (χ0v) is 11.5. The Balaban J connectivity index is 1.79. The molecule has 98 valence electrons. The summed E-state index contributed by atoms with van der Waals surface area (Å²) in [5.74, 6) is 2.45. The van der Waals surface area contributed by atoms with E-state index < -0.39 is 0 Å². The molecule has 3 rings (SSSR count). The summed E-state index contributed by atoms with van der Waals surface area (Å²) in [4.78, 5) is 2.72. The number of likely N-dealkylation sites (tertiary alicyclic amines) is 1. The topological polar surface area (TPSA) is 15.3 Å². The van der Waals surface area contributed by atoms with Crippen molar-refractivity contribution in [1.29, 1.82) is 0 Å². The van der Waals surface area contributed by atoms with Gasteiger partial charge in [-0.25, -0.2) is 0 Å². The van der Waals surface area contributed by atoms with E-state index in [0.29, 0.717) is 12.0 Å². The molecule has 2 heteroatoms. The van der Waals surface area contributed by atoms with Crippen molar-refractivity contribution in [2.24, 2.45) is 17.8 Å². The van der Waals surface area contributed by atoms with Crippen LogP contribution in [0.1, 0.15) is 25.5 Å². The van der Waals surface area contributed by atoms with Gasteiger partial charge in [0.05, 0.1) is 0 Å². The number of fused-ring (bicyclic) bond motifs is 1. The maximum atomic E-state index is 3.53. The van der Waals surface area contributed by atoms with E-state index >= 15 is 0 Å². The average molecular weight is 244 g/mol. The van der Waals surface area contributed by atoms with Gasteiger partial charge in [-0.15, -0.1) is 0 Å². The number of nitrogens with one attached hydrogen (secondary N) is 1. The number of nitrogens with zero attached hydrogens (tertiary/aromatic N) is 1. The number of rotatable bonds is 3. The van der Waals surface area contributed by atoms with Crippen molar-refractivity contribution in [3.8, 4) is 0 Å². The quantitative estimate of drug-likeness (QED) is 0.879. The van der Waals surface area contributed by atoms with Gasteiger partial charge in [-0.3, -0.25) is 4.90 Å². The second-order valence-corrected chi connectivity index (χ2v) is 6.23. The summed E-state index contributed by atoms with van der Waals surface area (Å²) in [5.41, 5.74) is 1.49. The molecular weight excluding hydrogens is 220 g/mol. The standard InChI is InChI=1S/C16H24N2/c1-12(2)16(13-6-4-3-5-7-13)18-10-14-8-17-9-15(14)11-18/h3-7,12,14-17H,8-11H2,1-2H3. The Morgan fingerprint density at radius 1 is 1.06 bits per heavy atom. The number of hydrogen-bond donors (Lipinski definition) is 1. The van der Waals surface area contributed by atoms with Gasteiger partial charge in [-0.05, 0) is 36.4 Å². The smallest absolute Gasteiger partial charge is 0.0371 e. The molecule has 2 saturated heterocycles. The highest BCUT2D eigenvalue weighted by Gasteiger charge is 2.39. The predicted octanol–water partition coefficient (Wildman–Crippen LogP) is 2.53. The van der Waals surface area contributed by atoms with Gasteiger partial charge in [0, 0.05) is 19.1 Å². The molecule has 2 heterocycles. The summed E-state index contributed by atoms with van der Waals surface area (Å²) < 4.78 is 0. The maximum absolute atomic E-state index is 3.53. The zero-order valence-electron chi connectivity index (χ0n) is 11.5. The average Bonchev–Trinajstić information content (AvgIpc) is 2.91. The lowest BCUT2D eigenvalue weighted by Gasteiger charge is -2.32. The van der Waals surface area contributed by atoms with Crippen LogP contribution < -0.4 is 5.32 Å². The molecule has 18 heavy (non-hydrogen) atoms. The molecule has 0 bridgehead atoms. The van der Waals surface area contributed by atoms with E-state index in [9.17, 15) is 0 Å². The first-order chi connectivity index (χ1) is 8.75. The van der Waals surface area contributed by atoms with Crippen LogP contribution in [-0.2, 0) is 0 Å². The third-order valence-corrected chi connectivity index (χ3v) is 4.58. The second kappa shape index (κ2) is 5.02. The number of benzene rings is 1. The SMILES string of the molecule is CC(C)C(c1ccccc1)N1CC2CNCC2C1. The van der Waals surface area contributed by atoms with Crippen LogP contribution in [0.4, 0.5) is 0 Å². The van der Waals surface area contributed by atoms with E-state index in [4.69, 9.17) is 0 Å². The molecule has 2 aliphatic rings. The molecule has 1 N–H and O–H groups in total. The highest BCUT2D eigenvalue weighted by Crippen LogP contribution is 2.36. The molecule has 0 aromatic heterocycles. The molecule has 0 aliphatic carbocycles. The van der Waals surface area contributed by atoms with E-state index in [0.717, 1.165) is 11.8 Å². The molecular formula is C16H24N2. The van der Waals surface area contributed by atoms with Crippen LogP contribution in [0.15, 0.2) is 30.3 Å². The van der Waals surface area contributed by atoms with Gasteiger partial charge >= 0.3 is 0 Å².